The predicted octanol–water partition coefficient (Wildman–Crippen LogP) is 0.783. The molecule has 1 aromatic heterocycles. The monoisotopic (exact) mass is 334 g/mol. The third kappa shape index (κ3) is 2.49. The van der Waals surface area contributed by atoms with E-state index in [4.69, 9.17) is 5.11 Å². The predicted molar refractivity (Wildman–Crippen MR) is 79.4 cm³/mol. The third-order valence-corrected chi connectivity index (χ3v) is 4.59. The molecule has 1 aliphatic heterocycles. The van der Waals surface area contributed by atoms with Crippen molar-refractivity contribution in [1.29, 1.82) is 0 Å². The normalized spacial score (nSPS) is 21.0. The lowest BCUT2D eigenvalue weighted by Crippen LogP contribution is -2.55. The summed E-state index contributed by atoms with van der Waals surface area (Å²) in [6.45, 7) is 0.861. The van der Waals surface area contributed by atoms with Gasteiger partial charge in [0, 0.05) is 0 Å². The van der Waals surface area contributed by atoms with Crippen LogP contribution in [0.1, 0.15) is 10.6 Å². The van der Waals surface area contributed by atoms with E-state index in [2.05, 4.69) is 4.98 Å². The number of carbonyl (C=O) groups is 4. The van der Waals surface area contributed by atoms with Crippen molar-refractivity contribution in [3.05, 3.63) is 28.8 Å². The molecule has 0 radical (unpaired) electrons. The van der Waals surface area contributed by atoms with Gasteiger partial charge in [-0.05, 0) is 24.6 Å². The highest BCUT2D eigenvalue weighted by Gasteiger charge is 2.57. The van der Waals surface area contributed by atoms with Gasteiger partial charge in [-0.2, -0.15) is 4.48 Å². The fourth-order valence-corrected chi connectivity index (χ4v) is 3.64. The molecular formula is C14H12N3O5S+. The largest absolute Gasteiger partial charge is 0.477 e. The number of aliphatic carboxylic acids is 1. The molecule has 2 N–H and O–H groups in total. The van der Waals surface area contributed by atoms with Gasteiger partial charge in [0.05, 0.1) is 10.2 Å². The number of nitrogens with zero attached hydrogens (tertiary/aromatic N) is 2. The first-order valence-electron chi connectivity index (χ1n) is 6.67. The number of fused-ring (bicyclic) bond motifs is 1. The molecule has 0 bridgehead atoms. The summed E-state index contributed by atoms with van der Waals surface area (Å²) in [5.41, 5.74) is 1.73. The second-order valence-electron chi connectivity index (χ2n) is 5.32. The number of benzene rings is 1. The van der Waals surface area contributed by atoms with E-state index >= 15 is 0 Å². The summed E-state index contributed by atoms with van der Waals surface area (Å²) >= 11 is 1.27. The minimum absolute atomic E-state index is 0.263. The highest BCUT2D eigenvalue weighted by molar-refractivity contribution is 7.18. The number of carboxylic acids is 1. The molecule has 0 aliphatic carbocycles. The van der Waals surface area contributed by atoms with Crippen molar-refractivity contribution in [2.24, 2.45) is 0 Å². The van der Waals surface area contributed by atoms with E-state index in [1.54, 1.807) is 0 Å². The van der Waals surface area contributed by atoms with Crippen molar-refractivity contribution in [2.75, 3.05) is 6.54 Å². The summed E-state index contributed by atoms with van der Waals surface area (Å²) in [5, 5.41) is 11.3. The molecule has 1 saturated heterocycles. The molecule has 23 heavy (non-hydrogen) atoms. The summed E-state index contributed by atoms with van der Waals surface area (Å²) in [5.74, 6) is -3.51. The van der Waals surface area contributed by atoms with Gasteiger partial charge in [-0.1, -0.05) is 6.07 Å². The van der Waals surface area contributed by atoms with E-state index < -0.39 is 34.8 Å². The molecule has 3 rings (SSSR count). The van der Waals surface area contributed by atoms with Crippen LogP contribution < -0.4 is 5.32 Å². The minimum atomic E-state index is -1.35. The van der Waals surface area contributed by atoms with Gasteiger partial charge in [-0.15, -0.1) is 11.3 Å². The molecule has 4 amide bonds. The zero-order valence-corrected chi connectivity index (χ0v) is 12.8. The molecule has 1 atom stereocenters. The molecule has 9 heteroatoms. The van der Waals surface area contributed by atoms with Crippen LogP contribution in [-0.4, -0.2) is 44.9 Å². The van der Waals surface area contributed by atoms with E-state index in [0.29, 0.717) is 10.5 Å². The lowest BCUT2D eigenvalue weighted by Gasteiger charge is -2.22. The van der Waals surface area contributed by atoms with Crippen molar-refractivity contribution in [2.45, 2.75) is 13.5 Å². The van der Waals surface area contributed by atoms with E-state index in [9.17, 15) is 19.2 Å². The molecule has 0 saturated carbocycles. The summed E-state index contributed by atoms with van der Waals surface area (Å²) < 4.78 is -0.251. The van der Waals surface area contributed by atoms with Crippen molar-refractivity contribution in [1.82, 2.24) is 10.3 Å². The van der Waals surface area contributed by atoms with Gasteiger partial charge < -0.3 is 5.11 Å². The Morgan fingerprint density at radius 1 is 1.35 bits per heavy atom. The number of quaternary nitrogens is 1. The quantitative estimate of drug-likeness (QED) is 0.485. The molecular weight excluding hydrogens is 322 g/mol. The maximum Gasteiger partial charge on any atom is 0.432 e. The zero-order valence-electron chi connectivity index (χ0n) is 12.0. The van der Waals surface area contributed by atoms with Crippen molar-refractivity contribution in [3.8, 4) is 0 Å². The lowest BCUT2D eigenvalue weighted by molar-refractivity contribution is -0.772. The number of imide groups is 2. The van der Waals surface area contributed by atoms with E-state index in [-0.39, 0.29) is 6.54 Å². The molecule has 118 valence electrons. The number of hydrogen-bond acceptors (Lipinski definition) is 6. The zero-order chi connectivity index (χ0) is 16.8. The summed E-state index contributed by atoms with van der Waals surface area (Å²) in [7, 11) is 0. The van der Waals surface area contributed by atoms with Gasteiger partial charge in [0.25, 0.3) is 0 Å². The van der Waals surface area contributed by atoms with Crippen molar-refractivity contribution < 1.29 is 28.8 Å². The van der Waals surface area contributed by atoms with Crippen LogP contribution in [0, 0.1) is 6.92 Å². The molecule has 8 nitrogen and oxygen atoms in total. The Bertz CT molecular complexity index is 874. The first-order chi connectivity index (χ1) is 10.8. The maximum absolute atomic E-state index is 12.1. The number of thiazole rings is 1. The number of aryl methyl sites for hydroxylation is 1. The van der Waals surface area contributed by atoms with Gasteiger partial charge in [0.2, 0.25) is 0 Å². The first-order valence-corrected chi connectivity index (χ1v) is 7.49. The lowest BCUT2D eigenvalue weighted by atomic mass is 10.2. The Hall–Kier alpha value is -2.65. The highest BCUT2D eigenvalue weighted by Crippen LogP contribution is 2.28. The second-order valence-corrected chi connectivity index (χ2v) is 6.44. The summed E-state index contributed by atoms with van der Waals surface area (Å²) in [6, 6.07) is 4.67. The number of nitrogens with one attached hydrogen (secondary N) is 1. The average molecular weight is 334 g/mol. The highest BCUT2D eigenvalue weighted by atomic mass is 32.1. The van der Waals surface area contributed by atoms with Gasteiger partial charge in [0.1, 0.15) is 11.6 Å². The van der Waals surface area contributed by atoms with Gasteiger partial charge in [-0.25, -0.2) is 24.7 Å². The molecule has 1 fully saturated rings. The average Bonchev–Trinajstić information content (AvgIpc) is 2.93. The Balaban J connectivity index is 2.04. The minimum Gasteiger partial charge on any atom is -0.477 e. The Labute approximate surface area is 133 Å². The van der Waals surface area contributed by atoms with E-state index in [1.165, 1.54) is 11.3 Å². The molecule has 2 heterocycles. The fourth-order valence-electron chi connectivity index (χ4n) is 2.50. The number of rotatable bonds is 4. The standard InChI is InChI=1S/C14H11N3O5S/c1-7-2-3-8-9(4-7)23-10(15-8)5-17(6-11(18)19)13(21)12(20)16-14(17)22/h2-4H,5-6H2,1H3,(H-,16,18,19,20,22)/p+1. The molecule has 2 aromatic rings. The molecule has 1 unspecified atom stereocenters. The smallest absolute Gasteiger partial charge is 0.432 e. The SMILES string of the molecule is Cc1ccc2nc(C[N+]3(CC(=O)O)C(=O)NC(=O)C3=O)sc2c1. The summed E-state index contributed by atoms with van der Waals surface area (Å²) in [4.78, 5) is 51.1. The molecule has 1 aliphatic rings. The second kappa shape index (κ2) is 5.21. The van der Waals surface area contributed by atoms with Crippen LogP contribution >= 0.6 is 11.3 Å². The Morgan fingerprint density at radius 3 is 2.70 bits per heavy atom. The van der Waals surface area contributed by atoms with Crippen LogP contribution in [0.5, 0.6) is 0 Å². The first kappa shape index (κ1) is 15.3. The molecule has 1 aromatic carbocycles. The van der Waals surface area contributed by atoms with Crippen molar-refractivity contribution >= 4 is 45.4 Å². The van der Waals surface area contributed by atoms with Crippen LogP contribution in [-0.2, 0) is 20.9 Å². The number of urea groups is 1. The Morgan fingerprint density at radius 2 is 2.09 bits per heavy atom. The number of amides is 4. The van der Waals surface area contributed by atoms with Crippen LogP contribution in [0.2, 0.25) is 0 Å². The topological polar surface area (TPSA) is 113 Å². The number of carbonyl (C=O) groups excluding carboxylic acids is 3. The van der Waals surface area contributed by atoms with Gasteiger partial charge in [-0.3, -0.25) is 4.79 Å². The number of aromatic nitrogens is 1. The van der Waals surface area contributed by atoms with Crippen LogP contribution in [0.25, 0.3) is 10.2 Å². The third-order valence-electron chi connectivity index (χ3n) is 3.59. The van der Waals surface area contributed by atoms with Crippen LogP contribution in [0.15, 0.2) is 18.2 Å². The van der Waals surface area contributed by atoms with E-state index in [0.717, 1.165) is 10.3 Å². The number of carboxylic acid groups (broad SMARTS) is 1. The summed E-state index contributed by atoms with van der Waals surface area (Å²) in [6.07, 6.45) is 0. The van der Waals surface area contributed by atoms with Crippen molar-refractivity contribution in [3.63, 3.8) is 0 Å². The Kier molecular flexibility index (Phi) is 3.46. The van der Waals surface area contributed by atoms with Crippen LogP contribution in [0.4, 0.5) is 4.79 Å². The van der Waals surface area contributed by atoms with Gasteiger partial charge >= 0.3 is 23.8 Å². The van der Waals surface area contributed by atoms with E-state index in [1.807, 2.05) is 30.4 Å². The fraction of sp³-hybridized carbons (Fsp3) is 0.214. The maximum atomic E-state index is 12.1. The number of hydrogen-bond donors (Lipinski definition) is 2. The van der Waals surface area contributed by atoms with Crippen LogP contribution in [0.3, 0.4) is 0 Å². The van der Waals surface area contributed by atoms with Gasteiger partial charge in [0.15, 0.2) is 6.54 Å². The molecule has 0 spiro atoms.